The summed E-state index contributed by atoms with van der Waals surface area (Å²) >= 11 is 3.25. The van der Waals surface area contributed by atoms with Gasteiger partial charge in [0.2, 0.25) is 0 Å². The van der Waals surface area contributed by atoms with Crippen LogP contribution in [0.3, 0.4) is 0 Å². The second kappa shape index (κ2) is 5.85. The van der Waals surface area contributed by atoms with Gasteiger partial charge < -0.3 is 5.32 Å². The van der Waals surface area contributed by atoms with Gasteiger partial charge in [-0.15, -0.1) is 0 Å². The molecule has 0 aliphatic carbocycles. The van der Waals surface area contributed by atoms with Gasteiger partial charge in [0, 0.05) is 0 Å². The molecule has 0 spiro atoms. The number of aryl methyl sites for hydroxylation is 2. The molecule has 0 aliphatic heterocycles. The molecule has 0 saturated heterocycles. The third kappa shape index (κ3) is 3.04. The van der Waals surface area contributed by atoms with Crippen molar-refractivity contribution in [1.29, 1.82) is 0 Å². The van der Waals surface area contributed by atoms with Crippen LogP contribution in [0, 0.1) is 19.7 Å². The Morgan fingerprint density at radius 1 is 1.11 bits per heavy atom. The van der Waals surface area contributed by atoms with Crippen molar-refractivity contribution in [2.45, 2.75) is 19.9 Å². The zero-order chi connectivity index (χ0) is 14.0. The number of rotatable bonds is 3. The first kappa shape index (κ1) is 14.2. The molecule has 1 N–H and O–H groups in total. The Morgan fingerprint density at radius 3 is 2.47 bits per heavy atom. The van der Waals surface area contributed by atoms with Gasteiger partial charge in [0.1, 0.15) is 5.82 Å². The lowest BCUT2D eigenvalue weighted by atomic mass is 9.94. The quantitative estimate of drug-likeness (QED) is 0.876. The second-order valence-electron chi connectivity index (χ2n) is 4.76. The molecule has 19 heavy (non-hydrogen) atoms. The lowest BCUT2D eigenvalue weighted by molar-refractivity contribution is 0.616. The van der Waals surface area contributed by atoms with Gasteiger partial charge in [-0.2, -0.15) is 0 Å². The highest BCUT2D eigenvalue weighted by atomic mass is 79.9. The largest absolute Gasteiger partial charge is 0.309 e. The van der Waals surface area contributed by atoms with Crippen molar-refractivity contribution in [2.24, 2.45) is 0 Å². The first-order chi connectivity index (χ1) is 9.02. The van der Waals surface area contributed by atoms with E-state index in [1.807, 2.05) is 19.2 Å². The summed E-state index contributed by atoms with van der Waals surface area (Å²) in [6.45, 7) is 4.17. The third-order valence-corrected chi connectivity index (χ3v) is 3.92. The summed E-state index contributed by atoms with van der Waals surface area (Å²) in [5.74, 6) is -0.237. The predicted octanol–water partition coefficient (Wildman–Crippen LogP) is 4.51. The van der Waals surface area contributed by atoms with Gasteiger partial charge in [0.15, 0.2) is 0 Å². The van der Waals surface area contributed by atoms with E-state index in [9.17, 15) is 4.39 Å². The van der Waals surface area contributed by atoms with Gasteiger partial charge in [0.05, 0.1) is 10.5 Å². The molecule has 1 unspecified atom stereocenters. The lowest BCUT2D eigenvalue weighted by Gasteiger charge is -2.20. The maximum atomic E-state index is 13.3. The third-order valence-electron chi connectivity index (χ3n) is 3.31. The lowest BCUT2D eigenvalue weighted by Crippen LogP contribution is -2.19. The van der Waals surface area contributed by atoms with E-state index in [4.69, 9.17) is 0 Å². The van der Waals surface area contributed by atoms with Crippen molar-refractivity contribution in [3.05, 3.63) is 68.9 Å². The van der Waals surface area contributed by atoms with Crippen molar-refractivity contribution in [3.8, 4) is 0 Å². The maximum absolute atomic E-state index is 13.3. The number of hydrogen-bond donors (Lipinski definition) is 1. The molecule has 0 aliphatic rings. The highest BCUT2D eigenvalue weighted by molar-refractivity contribution is 9.10. The molecule has 0 amide bonds. The minimum Gasteiger partial charge on any atom is -0.309 e. The van der Waals surface area contributed by atoms with E-state index in [1.165, 1.54) is 22.8 Å². The fourth-order valence-electron chi connectivity index (χ4n) is 2.26. The molecule has 1 atom stereocenters. The summed E-state index contributed by atoms with van der Waals surface area (Å²) in [5, 5.41) is 3.31. The standard InChI is InChI=1S/C16H17BrFN/c1-10-4-5-11(2)13(8-10)16(19-3)12-6-7-15(18)14(17)9-12/h4-9,16,19H,1-3H3. The van der Waals surface area contributed by atoms with Crippen LogP contribution >= 0.6 is 15.9 Å². The SMILES string of the molecule is CNC(c1ccc(F)c(Br)c1)c1cc(C)ccc1C. The van der Waals surface area contributed by atoms with E-state index in [0.29, 0.717) is 4.47 Å². The summed E-state index contributed by atoms with van der Waals surface area (Å²) in [5.41, 5.74) is 4.72. The minimum atomic E-state index is -0.237. The predicted molar refractivity (Wildman–Crippen MR) is 80.9 cm³/mol. The number of halogens is 2. The highest BCUT2D eigenvalue weighted by Crippen LogP contribution is 2.28. The summed E-state index contributed by atoms with van der Waals surface area (Å²) in [4.78, 5) is 0. The van der Waals surface area contributed by atoms with Crippen LogP contribution in [-0.2, 0) is 0 Å². The van der Waals surface area contributed by atoms with E-state index in [2.05, 4.69) is 53.3 Å². The number of hydrogen-bond acceptors (Lipinski definition) is 1. The summed E-state index contributed by atoms with van der Waals surface area (Å²) in [6, 6.07) is 11.6. The van der Waals surface area contributed by atoms with Gasteiger partial charge in [-0.25, -0.2) is 4.39 Å². The Morgan fingerprint density at radius 2 is 1.84 bits per heavy atom. The number of nitrogens with one attached hydrogen (secondary N) is 1. The molecule has 0 aromatic heterocycles. The first-order valence-electron chi connectivity index (χ1n) is 6.22. The maximum Gasteiger partial charge on any atom is 0.137 e. The smallest absolute Gasteiger partial charge is 0.137 e. The van der Waals surface area contributed by atoms with Gasteiger partial charge >= 0.3 is 0 Å². The first-order valence-corrected chi connectivity index (χ1v) is 7.01. The van der Waals surface area contributed by atoms with Crippen molar-refractivity contribution in [1.82, 2.24) is 5.32 Å². The molecule has 0 saturated carbocycles. The zero-order valence-corrected chi connectivity index (χ0v) is 12.9. The summed E-state index contributed by atoms with van der Waals surface area (Å²) in [6.07, 6.45) is 0. The molecule has 2 aromatic rings. The van der Waals surface area contributed by atoms with Crippen LogP contribution in [0.5, 0.6) is 0 Å². The molecule has 3 heteroatoms. The van der Waals surface area contributed by atoms with E-state index in [0.717, 1.165) is 5.56 Å². The van der Waals surface area contributed by atoms with Crippen LogP contribution in [0.4, 0.5) is 4.39 Å². The van der Waals surface area contributed by atoms with Crippen molar-refractivity contribution >= 4 is 15.9 Å². The van der Waals surface area contributed by atoms with Crippen molar-refractivity contribution in [3.63, 3.8) is 0 Å². The molecular weight excluding hydrogens is 305 g/mol. The fraction of sp³-hybridized carbons (Fsp3) is 0.250. The molecule has 0 bridgehead atoms. The molecule has 2 rings (SSSR count). The van der Waals surface area contributed by atoms with E-state index in [-0.39, 0.29) is 11.9 Å². The number of benzene rings is 2. The van der Waals surface area contributed by atoms with Gasteiger partial charge in [0.25, 0.3) is 0 Å². The van der Waals surface area contributed by atoms with E-state index in [1.54, 1.807) is 0 Å². The van der Waals surface area contributed by atoms with E-state index < -0.39 is 0 Å². The van der Waals surface area contributed by atoms with Crippen LogP contribution in [0.1, 0.15) is 28.3 Å². The Kier molecular flexibility index (Phi) is 4.38. The Bertz CT molecular complexity index is 595. The van der Waals surface area contributed by atoms with Crippen molar-refractivity contribution in [2.75, 3.05) is 7.05 Å². The Balaban J connectivity index is 2.49. The zero-order valence-electron chi connectivity index (χ0n) is 11.3. The normalized spacial score (nSPS) is 12.5. The van der Waals surface area contributed by atoms with Crippen LogP contribution in [0.2, 0.25) is 0 Å². The minimum absolute atomic E-state index is 0.0665. The molecule has 0 radical (unpaired) electrons. The van der Waals surface area contributed by atoms with Crippen LogP contribution in [0.25, 0.3) is 0 Å². The van der Waals surface area contributed by atoms with Crippen molar-refractivity contribution < 1.29 is 4.39 Å². The van der Waals surface area contributed by atoms with Crippen LogP contribution < -0.4 is 5.32 Å². The summed E-state index contributed by atoms with van der Waals surface area (Å²) < 4.78 is 13.8. The molecule has 1 nitrogen and oxygen atoms in total. The fourth-order valence-corrected chi connectivity index (χ4v) is 2.66. The van der Waals surface area contributed by atoms with Gasteiger partial charge in [-0.05, 0) is 65.6 Å². The average molecular weight is 322 g/mol. The molecule has 0 fully saturated rings. The Hall–Kier alpha value is -1.19. The second-order valence-corrected chi connectivity index (χ2v) is 5.61. The van der Waals surface area contributed by atoms with Gasteiger partial charge in [-0.3, -0.25) is 0 Å². The monoisotopic (exact) mass is 321 g/mol. The van der Waals surface area contributed by atoms with Crippen LogP contribution in [0.15, 0.2) is 40.9 Å². The highest BCUT2D eigenvalue weighted by Gasteiger charge is 2.15. The average Bonchev–Trinajstić information content (AvgIpc) is 2.38. The van der Waals surface area contributed by atoms with E-state index >= 15 is 0 Å². The molecule has 2 aromatic carbocycles. The topological polar surface area (TPSA) is 12.0 Å². The van der Waals surface area contributed by atoms with Gasteiger partial charge in [-0.1, -0.05) is 29.8 Å². The summed E-state index contributed by atoms with van der Waals surface area (Å²) in [7, 11) is 1.92. The Labute approximate surface area is 122 Å². The molecule has 0 heterocycles. The van der Waals surface area contributed by atoms with Crippen LogP contribution in [-0.4, -0.2) is 7.05 Å². The molecule has 100 valence electrons. The molecular formula is C16H17BrFN.